The lowest BCUT2D eigenvalue weighted by Gasteiger charge is -2.56. The maximum absolute atomic E-state index is 9.36. The van der Waals surface area contributed by atoms with Crippen LogP contribution in [-0.2, 0) is 0 Å². The Balaban J connectivity index is 1.99. The normalized spacial score (nSPS) is 33.6. The summed E-state index contributed by atoms with van der Waals surface area (Å²) in [6, 6.07) is 9.29. The van der Waals surface area contributed by atoms with Crippen LogP contribution >= 0.6 is 0 Å². The van der Waals surface area contributed by atoms with Crippen LogP contribution in [0.5, 0.6) is 0 Å². The molecule has 0 saturated carbocycles. The van der Waals surface area contributed by atoms with Crippen molar-refractivity contribution in [2.24, 2.45) is 0 Å². The third-order valence-corrected chi connectivity index (χ3v) is 3.88. The number of hydrogen-bond acceptors (Lipinski definition) is 3. The molecule has 0 unspecified atom stereocenters. The van der Waals surface area contributed by atoms with Gasteiger partial charge in [0.2, 0.25) is 0 Å². The lowest BCUT2D eigenvalue weighted by atomic mass is 9.73. The van der Waals surface area contributed by atoms with Gasteiger partial charge in [0.15, 0.2) is 0 Å². The first-order valence-electron chi connectivity index (χ1n) is 5.48. The van der Waals surface area contributed by atoms with Crippen molar-refractivity contribution in [3.05, 3.63) is 29.8 Å². The van der Waals surface area contributed by atoms with Crippen LogP contribution in [0.3, 0.4) is 0 Å². The molecule has 0 aliphatic carbocycles. The summed E-state index contributed by atoms with van der Waals surface area (Å²) in [5, 5.41) is 12.8. The number of nitrogens with zero attached hydrogens (tertiary/aromatic N) is 1. The largest absolute Gasteiger partial charge is 0.395 e. The lowest BCUT2D eigenvalue weighted by Crippen LogP contribution is -2.65. The Hall–Kier alpha value is -1.06. The molecule has 2 heterocycles. The van der Waals surface area contributed by atoms with Gasteiger partial charge in [-0.25, -0.2) is 0 Å². The molecule has 0 amide bonds. The van der Waals surface area contributed by atoms with Crippen molar-refractivity contribution in [2.45, 2.75) is 18.0 Å². The zero-order chi connectivity index (χ0) is 10.4. The highest BCUT2D eigenvalue weighted by Gasteiger charge is 2.48. The van der Waals surface area contributed by atoms with Crippen LogP contribution in [0.25, 0.3) is 0 Å². The predicted molar refractivity (Wildman–Crippen MR) is 60.1 cm³/mol. The third-order valence-electron chi connectivity index (χ3n) is 3.88. The summed E-state index contributed by atoms with van der Waals surface area (Å²) in [6.07, 6.45) is 0. The van der Waals surface area contributed by atoms with E-state index in [9.17, 15) is 5.11 Å². The van der Waals surface area contributed by atoms with Crippen molar-refractivity contribution in [2.75, 3.05) is 25.5 Å². The number of benzene rings is 1. The Kier molecular flexibility index (Phi) is 1.97. The molecule has 15 heavy (non-hydrogen) atoms. The molecule has 0 radical (unpaired) electrons. The van der Waals surface area contributed by atoms with Crippen LogP contribution < -0.4 is 5.32 Å². The molecular formula is C12H16N2O. The number of likely N-dealkylation sites (N-methyl/N-ethyl adjacent to an activating group) is 1. The number of rotatable bonds is 1. The predicted octanol–water partition coefficient (Wildman–Crippen LogP) is 0.871. The number of para-hydroxylation sites is 1. The molecule has 3 heteroatoms. The molecule has 1 aromatic carbocycles. The number of aliphatic hydroxyl groups excluding tert-OH is 1. The first-order valence-corrected chi connectivity index (χ1v) is 5.48. The molecule has 2 N–H and O–H groups in total. The second-order valence-corrected chi connectivity index (χ2v) is 4.48. The minimum atomic E-state index is 0.256. The van der Waals surface area contributed by atoms with Crippen molar-refractivity contribution in [1.82, 2.24) is 4.90 Å². The van der Waals surface area contributed by atoms with Gasteiger partial charge in [-0.3, -0.25) is 4.90 Å². The minimum Gasteiger partial charge on any atom is -0.395 e. The molecule has 0 bridgehead atoms. The van der Waals surface area contributed by atoms with Crippen molar-refractivity contribution >= 4 is 5.69 Å². The van der Waals surface area contributed by atoms with Gasteiger partial charge in [0, 0.05) is 30.2 Å². The molecule has 1 saturated heterocycles. The number of nitrogens with one attached hydrogen (secondary N) is 1. The van der Waals surface area contributed by atoms with E-state index in [1.807, 2.05) is 0 Å². The molecule has 3 rings (SSSR count). The summed E-state index contributed by atoms with van der Waals surface area (Å²) >= 11 is 0. The van der Waals surface area contributed by atoms with Crippen molar-refractivity contribution < 1.29 is 5.11 Å². The molecule has 2 aliphatic rings. The van der Waals surface area contributed by atoms with Crippen LogP contribution in [0.4, 0.5) is 5.69 Å². The van der Waals surface area contributed by atoms with E-state index in [4.69, 9.17) is 0 Å². The van der Waals surface area contributed by atoms with E-state index in [2.05, 4.69) is 41.5 Å². The van der Waals surface area contributed by atoms with E-state index in [0.717, 1.165) is 6.54 Å². The van der Waals surface area contributed by atoms with Gasteiger partial charge in [-0.1, -0.05) is 18.2 Å². The monoisotopic (exact) mass is 204 g/mol. The van der Waals surface area contributed by atoms with Gasteiger partial charge in [-0.05, 0) is 18.7 Å². The fourth-order valence-electron chi connectivity index (χ4n) is 3.00. The average molecular weight is 204 g/mol. The summed E-state index contributed by atoms with van der Waals surface area (Å²) in [5.74, 6) is 0.512. The number of anilines is 1. The smallest absolute Gasteiger partial charge is 0.0593 e. The molecule has 80 valence electrons. The van der Waals surface area contributed by atoms with Gasteiger partial charge in [-0.15, -0.1) is 0 Å². The molecule has 0 spiro atoms. The van der Waals surface area contributed by atoms with Crippen LogP contribution in [0, 0.1) is 0 Å². The zero-order valence-corrected chi connectivity index (χ0v) is 8.85. The fraction of sp³-hybridized carbons (Fsp3) is 0.500. The van der Waals surface area contributed by atoms with Gasteiger partial charge < -0.3 is 10.4 Å². The van der Waals surface area contributed by atoms with Crippen molar-refractivity contribution in [3.8, 4) is 0 Å². The van der Waals surface area contributed by atoms with Crippen LogP contribution in [-0.4, -0.2) is 42.3 Å². The number of aliphatic hydroxyl groups is 1. The van der Waals surface area contributed by atoms with E-state index in [1.54, 1.807) is 0 Å². The fourth-order valence-corrected chi connectivity index (χ4v) is 3.00. The standard InChI is InChI=1S/C12H16N2O/c1-14-10-6-13-9-5-3-2-4-8(9)12(10)11(14)7-15/h2-5,10-13,15H,6-7H2,1H3/t10-,11-,12+/m0/s1. The molecule has 3 nitrogen and oxygen atoms in total. The average Bonchev–Trinajstić information content (AvgIpc) is 2.28. The van der Waals surface area contributed by atoms with E-state index in [-0.39, 0.29) is 6.61 Å². The topological polar surface area (TPSA) is 35.5 Å². The Morgan fingerprint density at radius 2 is 2.27 bits per heavy atom. The molecule has 2 aliphatic heterocycles. The van der Waals surface area contributed by atoms with E-state index >= 15 is 0 Å². The summed E-state index contributed by atoms with van der Waals surface area (Å²) in [4.78, 5) is 2.27. The SMILES string of the molecule is CN1[C@@H](CO)[C@@H]2c3ccccc3NC[C@@H]21. The van der Waals surface area contributed by atoms with E-state index in [1.165, 1.54) is 11.3 Å². The number of likely N-dealkylation sites (tertiary alicyclic amines) is 1. The molecule has 1 fully saturated rings. The summed E-state index contributed by atoms with van der Waals surface area (Å²) in [5.41, 5.74) is 2.61. The summed E-state index contributed by atoms with van der Waals surface area (Å²) < 4.78 is 0. The number of hydrogen-bond donors (Lipinski definition) is 2. The van der Waals surface area contributed by atoms with Gasteiger partial charge in [-0.2, -0.15) is 0 Å². The number of fused-ring (bicyclic) bond motifs is 3. The maximum Gasteiger partial charge on any atom is 0.0593 e. The second kappa shape index (κ2) is 3.22. The Bertz CT molecular complexity index is 380. The summed E-state index contributed by atoms with van der Waals surface area (Å²) in [7, 11) is 2.09. The van der Waals surface area contributed by atoms with Crippen LogP contribution in [0.2, 0.25) is 0 Å². The second-order valence-electron chi connectivity index (χ2n) is 4.48. The Morgan fingerprint density at radius 3 is 3.07 bits per heavy atom. The Morgan fingerprint density at radius 1 is 1.47 bits per heavy atom. The van der Waals surface area contributed by atoms with Gasteiger partial charge in [0.05, 0.1) is 6.61 Å². The highest BCUT2D eigenvalue weighted by Crippen LogP contribution is 2.44. The van der Waals surface area contributed by atoms with Crippen molar-refractivity contribution in [3.63, 3.8) is 0 Å². The van der Waals surface area contributed by atoms with Gasteiger partial charge in [0.1, 0.15) is 0 Å². The highest BCUT2D eigenvalue weighted by molar-refractivity contribution is 5.57. The Labute approximate surface area is 89.7 Å². The van der Waals surface area contributed by atoms with Crippen molar-refractivity contribution in [1.29, 1.82) is 0 Å². The maximum atomic E-state index is 9.36. The van der Waals surface area contributed by atoms with E-state index < -0.39 is 0 Å². The first kappa shape index (κ1) is 9.19. The highest BCUT2D eigenvalue weighted by atomic mass is 16.3. The first-order chi connectivity index (χ1) is 7.33. The van der Waals surface area contributed by atoms with Crippen LogP contribution in [0.1, 0.15) is 11.5 Å². The minimum absolute atomic E-state index is 0.256. The zero-order valence-electron chi connectivity index (χ0n) is 8.85. The van der Waals surface area contributed by atoms with Gasteiger partial charge in [0.25, 0.3) is 0 Å². The molecular weight excluding hydrogens is 188 g/mol. The summed E-state index contributed by atoms with van der Waals surface area (Å²) in [6.45, 7) is 1.25. The lowest BCUT2D eigenvalue weighted by molar-refractivity contribution is -0.0175. The quantitative estimate of drug-likeness (QED) is 0.712. The molecule has 0 aromatic heterocycles. The van der Waals surface area contributed by atoms with E-state index in [0.29, 0.717) is 18.0 Å². The van der Waals surface area contributed by atoms with Crippen LogP contribution in [0.15, 0.2) is 24.3 Å². The molecule has 1 aromatic rings. The molecule has 3 atom stereocenters. The third kappa shape index (κ3) is 1.13. The van der Waals surface area contributed by atoms with Gasteiger partial charge >= 0.3 is 0 Å².